The quantitative estimate of drug-likeness (QED) is 0.832. The Bertz CT molecular complexity index is 306. The van der Waals surface area contributed by atoms with E-state index in [2.05, 4.69) is 0 Å². The van der Waals surface area contributed by atoms with Crippen LogP contribution in [0.1, 0.15) is 26.7 Å². The third kappa shape index (κ3) is 4.35. The number of halogens is 3. The highest BCUT2D eigenvalue weighted by atomic mass is 19.4. The Balaban J connectivity index is 2.85. The van der Waals surface area contributed by atoms with Gasteiger partial charge in [-0.3, -0.25) is 4.79 Å². The Labute approximate surface area is 111 Å². The fourth-order valence-corrected chi connectivity index (χ4v) is 2.35. The molecule has 1 heterocycles. The topological polar surface area (TPSA) is 55.6 Å². The first-order valence-electron chi connectivity index (χ1n) is 6.50. The maximum atomic E-state index is 12.6. The minimum absolute atomic E-state index is 0.106. The first kappa shape index (κ1) is 16.2. The predicted molar refractivity (Wildman–Crippen MR) is 64.4 cm³/mol. The summed E-state index contributed by atoms with van der Waals surface area (Å²) in [5.41, 5.74) is 5.71. The van der Waals surface area contributed by atoms with E-state index < -0.39 is 36.6 Å². The van der Waals surface area contributed by atoms with Gasteiger partial charge in [0.2, 0.25) is 5.91 Å². The monoisotopic (exact) mass is 282 g/mol. The molecule has 1 aliphatic heterocycles. The minimum atomic E-state index is -4.40. The van der Waals surface area contributed by atoms with Gasteiger partial charge in [0, 0.05) is 12.1 Å². The van der Waals surface area contributed by atoms with Crippen molar-refractivity contribution in [2.45, 2.75) is 44.9 Å². The molecule has 0 aromatic heterocycles. The average Bonchev–Trinajstić information content (AvgIpc) is 2.73. The molecule has 7 heteroatoms. The van der Waals surface area contributed by atoms with Crippen LogP contribution < -0.4 is 5.73 Å². The minimum Gasteiger partial charge on any atom is -0.379 e. The Morgan fingerprint density at radius 2 is 1.95 bits per heavy atom. The van der Waals surface area contributed by atoms with E-state index in [-0.39, 0.29) is 13.2 Å². The second kappa shape index (κ2) is 6.56. The SMILES string of the molecule is CCC(CC)N(CC(F)(F)F)C(=O)C1COCC1N. The van der Waals surface area contributed by atoms with E-state index in [0.717, 1.165) is 4.90 Å². The zero-order chi connectivity index (χ0) is 14.6. The molecular weight excluding hydrogens is 261 g/mol. The van der Waals surface area contributed by atoms with Crippen molar-refractivity contribution >= 4 is 5.91 Å². The summed E-state index contributed by atoms with van der Waals surface area (Å²) in [6.45, 7) is 2.65. The van der Waals surface area contributed by atoms with Crippen molar-refractivity contribution < 1.29 is 22.7 Å². The van der Waals surface area contributed by atoms with Gasteiger partial charge in [0.25, 0.3) is 0 Å². The highest BCUT2D eigenvalue weighted by Crippen LogP contribution is 2.24. The van der Waals surface area contributed by atoms with Gasteiger partial charge in [-0.15, -0.1) is 0 Å². The fraction of sp³-hybridized carbons (Fsp3) is 0.917. The second-order valence-corrected chi connectivity index (χ2v) is 4.86. The third-order valence-electron chi connectivity index (χ3n) is 3.46. The van der Waals surface area contributed by atoms with Crippen LogP contribution >= 0.6 is 0 Å². The Hall–Kier alpha value is -0.820. The molecule has 112 valence electrons. The Morgan fingerprint density at radius 3 is 2.32 bits per heavy atom. The van der Waals surface area contributed by atoms with E-state index in [9.17, 15) is 18.0 Å². The summed E-state index contributed by atoms with van der Waals surface area (Å²) in [4.78, 5) is 13.2. The van der Waals surface area contributed by atoms with E-state index in [0.29, 0.717) is 12.8 Å². The molecule has 2 unspecified atom stereocenters. The molecule has 2 atom stereocenters. The molecule has 0 bridgehead atoms. The maximum Gasteiger partial charge on any atom is 0.406 e. The van der Waals surface area contributed by atoms with Crippen LogP contribution in [0, 0.1) is 5.92 Å². The molecule has 1 saturated heterocycles. The van der Waals surface area contributed by atoms with Crippen molar-refractivity contribution in [3.05, 3.63) is 0 Å². The van der Waals surface area contributed by atoms with Crippen molar-refractivity contribution in [1.29, 1.82) is 0 Å². The zero-order valence-corrected chi connectivity index (χ0v) is 11.2. The van der Waals surface area contributed by atoms with Crippen molar-refractivity contribution in [1.82, 2.24) is 4.90 Å². The smallest absolute Gasteiger partial charge is 0.379 e. The maximum absolute atomic E-state index is 12.6. The van der Waals surface area contributed by atoms with E-state index >= 15 is 0 Å². The lowest BCUT2D eigenvalue weighted by atomic mass is 10.0. The summed E-state index contributed by atoms with van der Waals surface area (Å²) in [7, 11) is 0. The van der Waals surface area contributed by atoms with Crippen LogP contribution in [0.25, 0.3) is 0 Å². The average molecular weight is 282 g/mol. The number of alkyl halides is 3. The molecule has 1 rings (SSSR count). The summed E-state index contributed by atoms with van der Waals surface area (Å²) < 4.78 is 42.9. The van der Waals surface area contributed by atoms with Crippen molar-refractivity contribution in [3.63, 3.8) is 0 Å². The molecule has 2 N–H and O–H groups in total. The van der Waals surface area contributed by atoms with Gasteiger partial charge in [-0.25, -0.2) is 0 Å². The van der Waals surface area contributed by atoms with Crippen LogP contribution in [0.2, 0.25) is 0 Å². The number of amides is 1. The van der Waals surface area contributed by atoms with Crippen molar-refractivity contribution in [2.75, 3.05) is 19.8 Å². The number of carbonyl (C=O) groups excluding carboxylic acids is 1. The highest BCUT2D eigenvalue weighted by Gasteiger charge is 2.41. The normalized spacial score (nSPS) is 23.9. The number of nitrogens with two attached hydrogens (primary N) is 1. The van der Waals surface area contributed by atoms with Crippen LogP contribution in [0.3, 0.4) is 0 Å². The molecular formula is C12H21F3N2O2. The van der Waals surface area contributed by atoms with E-state index in [1.54, 1.807) is 13.8 Å². The summed E-state index contributed by atoms with van der Waals surface area (Å²) in [5, 5.41) is 0. The van der Waals surface area contributed by atoms with Gasteiger partial charge in [-0.2, -0.15) is 13.2 Å². The Morgan fingerprint density at radius 1 is 1.37 bits per heavy atom. The lowest BCUT2D eigenvalue weighted by Crippen LogP contribution is -2.51. The number of carbonyl (C=O) groups is 1. The molecule has 1 fully saturated rings. The molecule has 1 amide bonds. The number of nitrogens with zero attached hydrogens (tertiary/aromatic N) is 1. The van der Waals surface area contributed by atoms with Crippen molar-refractivity contribution in [2.24, 2.45) is 11.7 Å². The summed E-state index contributed by atoms with van der Waals surface area (Å²) in [6.07, 6.45) is -3.43. The van der Waals surface area contributed by atoms with Crippen LogP contribution in [0.5, 0.6) is 0 Å². The molecule has 19 heavy (non-hydrogen) atoms. The number of rotatable bonds is 5. The predicted octanol–water partition coefficient (Wildman–Crippen LogP) is 1.54. The lowest BCUT2D eigenvalue weighted by Gasteiger charge is -2.33. The van der Waals surface area contributed by atoms with Gasteiger partial charge in [0.05, 0.1) is 19.1 Å². The van der Waals surface area contributed by atoms with Gasteiger partial charge in [0.15, 0.2) is 0 Å². The van der Waals surface area contributed by atoms with Crippen LogP contribution in [-0.4, -0.2) is 48.8 Å². The van der Waals surface area contributed by atoms with Crippen LogP contribution in [0.15, 0.2) is 0 Å². The summed E-state index contributed by atoms with van der Waals surface area (Å²) in [5.74, 6) is -1.21. The Kier molecular flexibility index (Phi) is 5.61. The van der Waals surface area contributed by atoms with E-state index in [1.807, 2.05) is 0 Å². The molecule has 0 radical (unpaired) electrons. The first-order chi connectivity index (χ1) is 8.80. The van der Waals surface area contributed by atoms with E-state index in [1.165, 1.54) is 0 Å². The molecule has 4 nitrogen and oxygen atoms in total. The molecule has 0 aromatic carbocycles. The highest BCUT2D eigenvalue weighted by molar-refractivity contribution is 5.80. The second-order valence-electron chi connectivity index (χ2n) is 4.86. The first-order valence-corrected chi connectivity index (χ1v) is 6.50. The number of hydrogen-bond donors (Lipinski definition) is 1. The molecule has 1 aliphatic rings. The lowest BCUT2D eigenvalue weighted by molar-refractivity contribution is -0.169. The van der Waals surface area contributed by atoms with Gasteiger partial charge < -0.3 is 15.4 Å². The zero-order valence-electron chi connectivity index (χ0n) is 11.2. The van der Waals surface area contributed by atoms with Gasteiger partial charge in [-0.1, -0.05) is 13.8 Å². The van der Waals surface area contributed by atoms with Crippen LogP contribution in [-0.2, 0) is 9.53 Å². The standard InChI is InChI=1S/C12H21F3N2O2/c1-3-8(4-2)17(7-12(13,14)15)11(18)9-5-19-6-10(9)16/h8-10H,3-7,16H2,1-2H3. The van der Waals surface area contributed by atoms with Gasteiger partial charge in [0.1, 0.15) is 6.54 Å². The van der Waals surface area contributed by atoms with Gasteiger partial charge in [-0.05, 0) is 12.8 Å². The van der Waals surface area contributed by atoms with Crippen LogP contribution in [0.4, 0.5) is 13.2 Å². The summed E-state index contributed by atoms with van der Waals surface area (Å²) >= 11 is 0. The van der Waals surface area contributed by atoms with E-state index in [4.69, 9.17) is 10.5 Å². The molecule has 0 spiro atoms. The third-order valence-corrected chi connectivity index (χ3v) is 3.46. The molecule has 0 aliphatic carbocycles. The molecule has 0 aromatic rings. The summed E-state index contributed by atoms with van der Waals surface area (Å²) in [6, 6.07) is -0.931. The number of ether oxygens (including phenoxy) is 1. The fourth-order valence-electron chi connectivity index (χ4n) is 2.35. The van der Waals surface area contributed by atoms with Crippen molar-refractivity contribution in [3.8, 4) is 0 Å². The number of hydrogen-bond acceptors (Lipinski definition) is 3. The van der Waals surface area contributed by atoms with Gasteiger partial charge >= 0.3 is 6.18 Å². The molecule has 0 saturated carbocycles. The largest absolute Gasteiger partial charge is 0.406 e.